The smallest absolute Gasteiger partial charge is 0.335 e. The fourth-order valence-electron chi connectivity index (χ4n) is 1.49. The lowest BCUT2D eigenvalue weighted by molar-refractivity contribution is -0.176. The fraction of sp³-hybridized carbons (Fsp3) is 0.417. The van der Waals surface area contributed by atoms with Crippen LogP contribution in [0.1, 0.15) is 20.3 Å². The summed E-state index contributed by atoms with van der Waals surface area (Å²) in [6.45, 7) is 9.83. The summed E-state index contributed by atoms with van der Waals surface area (Å²) in [5.41, 5.74) is -1.76. The van der Waals surface area contributed by atoms with Gasteiger partial charge in [-0.3, -0.25) is 9.98 Å². The highest BCUT2D eigenvalue weighted by Crippen LogP contribution is 2.32. The third-order valence-corrected chi connectivity index (χ3v) is 2.50. The Labute approximate surface area is 100 Å². The summed E-state index contributed by atoms with van der Waals surface area (Å²) in [7, 11) is 0. The number of aliphatic carboxylic acids is 1. The number of hydrogen-bond donors (Lipinski definition) is 1. The summed E-state index contributed by atoms with van der Waals surface area (Å²) in [5.74, 6) is -1.06. The summed E-state index contributed by atoms with van der Waals surface area (Å²) in [4.78, 5) is 18.7. The highest BCUT2D eigenvalue weighted by Gasteiger charge is 2.40. The van der Waals surface area contributed by atoms with Gasteiger partial charge in [0.1, 0.15) is 0 Å². The Hall–Kier alpha value is -1.75. The van der Waals surface area contributed by atoms with E-state index in [0.717, 1.165) is 0 Å². The van der Waals surface area contributed by atoms with Gasteiger partial charge in [0, 0.05) is 12.1 Å². The second-order valence-corrected chi connectivity index (χ2v) is 4.27. The monoisotopic (exact) mass is 236 g/mol. The van der Waals surface area contributed by atoms with E-state index in [1.165, 1.54) is 13.8 Å². The lowest BCUT2D eigenvalue weighted by Gasteiger charge is -2.34. The normalized spacial score (nSPS) is 24.0. The van der Waals surface area contributed by atoms with Gasteiger partial charge in [-0.25, -0.2) is 4.79 Å². The predicted octanol–water partition coefficient (Wildman–Crippen LogP) is 1.81. The van der Waals surface area contributed by atoms with Gasteiger partial charge in [0.15, 0.2) is 11.3 Å². The average molecular weight is 236 g/mol. The molecule has 0 amide bonds. The Morgan fingerprint density at radius 1 is 1.59 bits per heavy atom. The quantitative estimate of drug-likeness (QED) is 0.740. The third-order valence-electron chi connectivity index (χ3n) is 2.50. The number of allylic oxidation sites excluding steroid dienone is 2. The van der Waals surface area contributed by atoms with Gasteiger partial charge in [0.2, 0.25) is 0 Å². The van der Waals surface area contributed by atoms with Gasteiger partial charge in [-0.2, -0.15) is 0 Å². The SMILES string of the molecule is C=NC1=CC=CC(N=C)(OC(C)(C)C(=O)O)C1. The molecule has 0 spiro atoms. The molecule has 92 valence electrons. The first-order chi connectivity index (χ1) is 7.85. The van der Waals surface area contributed by atoms with Gasteiger partial charge in [-0.15, -0.1) is 0 Å². The zero-order valence-electron chi connectivity index (χ0n) is 10.0. The first kappa shape index (κ1) is 13.3. The molecule has 0 aromatic carbocycles. The van der Waals surface area contributed by atoms with Crippen LogP contribution in [0.25, 0.3) is 0 Å². The van der Waals surface area contributed by atoms with Crippen LogP contribution >= 0.6 is 0 Å². The molecule has 1 aliphatic carbocycles. The molecule has 0 bridgehead atoms. The lowest BCUT2D eigenvalue weighted by Crippen LogP contribution is -2.44. The molecule has 0 aromatic rings. The summed E-state index contributed by atoms with van der Waals surface area (Å²) >= 11 is 0. The topological polar surface area (TPSA) is 71.2 Å². The second kappa shape index (κ2) is 4.63. The van der Waals surface area contributed by atoms with E-state index in [-0.39, 0.29) is 0 Å². The predicted molar refractivity (Wildman–Crippen MR) is 66.5 cm³/mol. The van der Waals surface area contributed by atoms with Crippen molar-refractivity contribution in [3.8, 4) is 0 Å². The van der Waals surface area contributed by atoms with Crippen LogP contribution < -0.4 is 0 Å². The van der Waals surface area contributed by atoms with Gasteiger partial charge in [-0.1, -0.05) is 6.08 Å². The fourth-order valence-corrected chi connectivity index (χ4v) is 1.49. The van der Waals surface area contributed by atoms with E-state index in [1.807, 2.05) is 0 Å². The molecule has 0 aromatic heterocycles. The van der Waals surface area contributed by atoms with Crippen molar-refractivity contribution in [3.63, 3.8) is 0 Å². The van der Waals surface area contributed by atoms with E-state index in [9.17, 15) is 4.79 Å². The Morgan fingerprint density at radius 3 is 2.71 bits per heavy atom. The molecule has 1 aliphatic rings. The summed E-state index contributed by atoms with van der Waals surface area (Å²) in [6.07, 6.45) is 5.47. The summed E-state index contributed by atoms with van der Waals surface area (Å²) < 4.78 is 5.56. The van der Waals surface area contributed by atoms with Crippen molar-refractivity contribution in [1.29, 1.82) is 0 Å². The van der Waals surface area contributed by atoms with E-state index >= 15 is 0 Å². The molecule has 17 heavy (non-hydrogen) atoms. The molecule has 5 heteroatoms. The average Bonchev–Trinajstić information content (AvgIpc) is 2.28. The summed E-state index contributed by atoms with van der Waals surface area (Å²) in [5, 5.41) is 9.04. The van der Waals surface area contributed by atoms with E-state index in [1.54, 1.807) is 18.2 Å². The molecule has 0 heterocycles. The van der Waals surface area contributed by atoms with Crippen LogP contribution in [-0.2, 0) is 9.53 Å². The summed E-state index contributed by atoms with van der Waals surface area (Å²) in [6, 6.07) is 0. The second-order valence-electron chi connectivity index (χ2n) is 4.27. The van der Waals surface area contributed by atoms with Crippen molar-refractivity contribution in [2.45, 2.75) is 31.6 Å². The highest BCUT2D eigenvalue weighted by molar-refractivity contribution is 5.76. The van der Waals surface area contributed by atoms with Crippen LogP contribution in [0.4, 0.5) is 0 Å². The van der Waals surface area contributed by atoms with Crippen molar-refractivity contribution < 1.29 is 14.6 Å². The van der Waals surface area contributed by atoms with Gasteiger partial charge < -0.3 is 9.84 Å². The molecule has 1 N–H and O–H groups in total. The molecule has 0 radical (unpaired) electrons. The minimum Gasteiger partial charge on any atom is -0.479 e. The molecule has 0 saturated carbocycles. The zero-order chi connectivity index (χ0) is 13.1. The first-order valence-corrected chi connectivity index (χ1v) is 5.12. The molecule has 1 rings (SSSR count). The van der Waals surface area contributed by atoms with Crippen LogP contribution in [0, 0.1) is 0 Å². The van der Waals surface area contributed by atoms with Crippen molar-refractivity contribution in [1.82, 2.24) is 0 Å². The number of hydrogen-bond acceptors (Lipinski definition) is 4. The molecule has 0 aliphatic heterocycles. The number of carboxylic acids is 1. The lowest BCUT2D eigenvalue weighted by atomic mass is 10.00. The first-order valence-electron chi connectivity index (χ1n) is 5.12. The molecular formula is C12H16N2O3. The standard InChI is InChI=1S/C12H16N2O3/c1-11(2,10(15)16)17-12(14-4)7-5-6-9(8-12)13-3/h5-7H,3-4,8H2,1-2H3,(H,15,16). The van der Waals surface area contributed by atoms with Crippen LogP contribution in [0.3, 0.4) is 0 Å². The third kappa shape index (κ3) is 2.88. The Kier molecular flexibility index (Phi) is 3.63. The number of aliphatic imine (C=N–C) groups is 2. The Bertz CT molecular complexity index is 410. The van der Waals surface area contributed by atoms with Crippen LogP contribution in [0.15, 0.2) is 33.9 Å². The van der Waals surface area contributed by atoms with E-state index in [4.69, 9.17) is 9.84 Å². The maximum atomic E-state index is 11.0. The van der Waals surface area contributed by atoms with Crippen molar-refractivity contribution in [2.24, 2.45) is 9.98 Å². The molecule has 1 atom stereocenters. The number of carboxylic acid groups (broad SMARTS) is 1. The molecule has 0 fully saturated rings. The van der Waals surface area contributed by atoms with Crippen LogP contribution in [0.5, 0.6) is 0 Å². The maximum Gasteiger partial charge on any atom is 0.335 e. The van der Waals surface area contributed by atoms with Gasteiger partial charge >= 0.3 is 5.97 Å². The van der Waals surface area contributed by atoms with Crippen LogP contribution in [-0.4, -0.2) is 35.8 Å². The molecule has 1 unspecified atom stereocenters. The zero-order valence-corrected chi connectivity index (χ0v) is 10.0. The Balaban J connectivity index is 2.97. The minimum atomic E-state index is -1.35. The van der Waals surface area contributed by atoms with Crippen molar-refractivity contribution >= 4 is 19.4 Å². The minimum absolute atomic E-state index is 0.327. The van der Waals surface area contributed by atoms with E-state index in [2.05, 4.69) is 23.4 Å². The highest BCUT2D eigenvalue weighted by atomic mass is 16.6. The molecule has 5 nitrogen and oxygen atoms in total. The number of carbonyl (C=O) groups is 1. The molecular weight excluding hydrogens is 220 g/mol. The van der Waals surface area contributed by atoms with Crippen molar-refractivity contribution in [3.05, 3.63) is 23.9 Å². The van der Waals surface area contributed by atoms with E-state index < -0.39 is 17.3 Å². The van der Waals surface area contributed by atoms with Crippen LogP contribution in [0.2, 0.25) is 0 Å². The molecule has 0 saturated heterocycles. The number of rotatable bonds is 5. The maximum absolute atomic E-state index is 11.0. The van der Waals surface area contributed by atoms with Gasteiger partial charge in [0.25, 0.3) is 0 Å². The van der Waals surface area contributed by atoms with Crippen molar-refractivity contribution in [2.75, 3.05) is 0 Å². The Morgan fingerprint density at radius 2 is 2.24 bits per heavy atom. The van der Waals surface area contributed by atoms with E-state index in [0.29, 0.717) is 12.1 Å². The number of nitrogens with zero attached hydrogens (tertiary/aromatic N) is 2. The number of ether oxygens (including phenoxy) is 1. The largest absolute Gasteiger partial charge is 0.479 e. The van der Waals surface area contributed by atoms with Gasteiger partial charge in [0.05, 0.1) is 0 Å². The van der Waals surface area contributed by atoms with Gasteiger partial charge in [-0.05, 0) is 39.4 Å².